The number of carboxylic acids is 1. The Bertz CT molecular complexity index is 454. The van der Waals surface area contributed by atoms with Gasteiger partial charge in [-0.2, -0.15) is 0 Å². The molecule has 0 aromatic heterocycles. The molecule has 1 aliphatic heterocycles. The van der Waals surface area contributed by atoms with E-state index in [1.807, 2.05) is 0 Å². The number of carbonyl (C=O) groups excluding carboxylic acids is 2. The number of hydrogen-bond acceptors (Lipinski definition) is 6. The molecule has 1 rings (SSSR count). The first-order chi connectivity index (χ1) is 9.62. The number of imide groups is 1. The third kappa shape index (κ3) is 4.58. The highest BCUT2D eigenvalue weighted by atomic mass is 16.7. The van der Waals surface area contributed by atoms with Crippen molar-refractivity contribution in [1.29, 1.82) is 0 Å². The molecule has 118 valence electrons. The molecule has 0 aromatic rings. The smallest absolute Gasteiger partial charge is 0.329 e. The van der Waals surface area contributed by atoms with E-state index in [0.29, 0.717) is 0 Å². The molecule has 0 bridgehead atoms. The van der Waals surface area contributed by atoms with Crippen LogP contribution in [0.3, 0.4) is 0 Å². The Balaban J connectivity index is 2.66. The van der Waals surface area contributed by atoms with Gasteiger partial charge in [0, 0.05) is 12.8 Å². The van der Waals surface area contributed by atoms with E-state index in [4.69, 9.17) is 5.11 Å². The summed E-state index contributed by atoms with van der Waals surface area (Å²) in [6.07, 6.45) is 0.215. The lowest BCUT2D eigenvalue weighted by Crippen LogP contribution is -2.48. The summed E-state index contributed by atoms with van der Waals surface area (Å²) in [5, 5.41) is 24.6. The van der Waals surface area contributed by atoms with Crippen LogP contribution in [0.5, 0.6) is 0 Å². The summed E-state index contributed by atoms with van der Waals surface area (Å²) in [7, 11) is 0. The molecule has 1 fully saturated rings. The summed E-state index contributed by atoms with van der Waals surface area (Å²) in [4.78, 5) is 38.9. The zero-order chi connectivity index (χ0) is 16.2. The molecule has 0 aliphatic carbocycles. The van der Waals surface area contributed by atoms with Gasteiger partial charge < -0.3 is 15.2 Å². The molecule has 2 amide bonds. The first-order valence-corrected chi connectivity index (χ1v) is 6.25. The van der Waals surface area contributed by atoms with Crippen LogP contribution in [0.1, 0.15) is 33.6 Å². The van der Waals surface area contributed by atoms with Crippen LogP contribution in [0.25, 0.3) is 0 Å². The van der Waals surface area contributed by atoms with Crippen molar-refractivity contribution < 1.29 is 29.3 Å². The Labute approximate surface area is 121 Å². The second-order valence-corrected chi connectivity index (χ2v) is 5.43. The van der Waals surface area contributed by atoms with E-state index >= 15 is 0 Å². The largest absolute Gasteiger partial charge is 0.569 e. The monoisotopic (exact) mass is 302 g/mol. The Kier molecular flexibility index (Phi) is 5.06. The number of hydrazine groups is 1. The number of rotatable bonds is 6. The molecular weight excluding hydrogens is 284 g/mol. The third-order valence-electron chi connectivity index (χ3n) is 2.74. The lowest BCUT2D eigenvalue weighted by molar-refractivity contribution is -0.723. The maximum absolute atomic E-state index is 11.8. The third-order valence-corrected chi connectivity index (χ3v) is 2.74. The van der Waals surface area contributed by atoms with Gasteiger partial charge in [-0.3, -0.25) is 14.4 Å². The lowest BCUT2D eigenvalue weighted by atomic mass is 10.1. The van der Waals surface area contributed by atoms with Gasteiger partial charge in [0.05, 0.1) is 10.5 Å². The molecule has 1 aliphatic rings. The number of carboxylic acid groups (broad SMARTS) is 1. The molecule has 1 heterocycles. The fourth-order valence-electron chi connectivity index (χ4n) is 1.63. The number of hydrogen-bond donors (Lipinski definition) is 1. The van der Waals surface area contributed by atoms with Crippen molar-refractivity contribution in [3.8, 4) is 0 Å². The minimum absolute atomic E-state index is 0.000849. The quantitative estimate of drug-likeness (QED) is 0.319. The first kappa shape index (κ1) is 16.7. The van der Waals surface area contributed by atoms with Crippen molar-refractivity contribution >= 4 is 17.8 Å². The highest BCUT2D eigenvalue weighted by Crippen LogP contribution is 2.14. The zero-order valence-electron chi connectivity index (χ0n) is 12.1. The summed E-state index contributed by atoms with van der Waals surface area (Å²) in [6, 6.07) is 0. The van der Waals surface area contributed by atoms with Gasteiger partial charge in [0.2, 0.25) is 23.8 Å². The van der Waals surface area contributed by atoms with Crippen molar-refractivity contribution in [3.05, 3.63) is 5.21 Å². The Morgan fingerprint density at radius 1 is 1.43 bits per heavy atom. The Morgan fingerprint density at radius 3 is 2.38 bits per heavy atom. The fraction of sp³-hybridized carbons (Fsp3) is 0.727. The lowest BCUT2D eigenvalue weighted by Gasteiger charge is -2.28. The topological polar surface area (TPSA) is 126 Å². The van der Waals surface area contributed by atoms with Crippen molar-refractivity contribution in [1.82, 2.24) is 9.91 Å². The van der Waals surface area contributed by atoms with Crippen LogP contribution in [0.2, 0.25) is 0 Å². The summed E-state index contributed by atoms with van der Waals surface area (Å²) in [5.41, 5.74) is -0.799. The molecule has 0 aromatic carbocycles. The van der Waals surface area contributed by atoms with E-state index in [1.54, 1.807) is 20.8 Å². The van der Waals surface area contributed by atoms with Crippen molar-refractivity contribution in [2.45, 2.75) is 39.2 Å². The molecule has 10 heteroatoms. The van der Waals surface area contributed by atoms with E-state index in [-0.39, 0.29) is 17.8 Å². The maximum atomic E-state index is 11.8. The summed E-state index contributed by atoms with van der Waals surface area (Å²) in [6.45, 7) is 3.85. The molecule has 21 heavy (non-hydrogen) atoms. The molecular formula is C11H18N4O6. The van der Waals surface area contributed by atoms with Crippen molar-refractivity contribution in [2.75, 3.05) is 13.3 Å². The van der Waals surface area contributed by atoms with Gasteiger partial charge >= 0.3 is 5.97 Å². The predicted octanol–water partition coefficient (Wildman–Crippen LogP) is 0.0871. The zero-order valence-corrected chi connectivity index (χ0v) is 12.1. The SMILES string of the molecule is CC(C)(C)N(CC(=O)O)/[N+]([O-])=N/OCN1C(=O)CCC1=O. The van der Waals surface area contributed by atoms with E-state index in [2.05, 4.69) is 10.1 Å². The highest BCUT2D eigenvalue weighted by Gasteiger charge is 2.32. The van der Waals surface area contributed by atoms with Crippen molar-refractivity contribution in [3.63, 3.8) is 0 Å². The second kappa shape index (κ2) is 6.37. The van der Waals surface area contributed by atoms with Gasteiger partial charge in [0.15, 0.2) is 6.54 Å². The second-order valence-electron chi connectivity index (χ2n) is 5.43. The first-order valence-electron chi connectivity index (χ1n) is 6.25. The van der Waals surface area contributed by atoms with Crippen LogP contribution in [-0.2, 0) is 19.2 Å². The molecule has 0 spiro atoms. The van der Waals surface area contributed by atoms with Gasteiger partial charge in [0.1, 0.15) is 0 Å². The number of amides is 2. The minimum atomic E-state index is -1.20. The van der Waals surface area contributed by atoms with Gasteiger partial charge in [-0.1, -0.05) is 0 Å². The van der Waals surface area contributed by atoms with Gasteiger partial charge in [-0.25, -0.2) is 4.90 Å². The van der Waals surface area contributed by atoms with Gasteiger partial charge in [-0.05, 0) is 20.8 Å². The van der Waals surface area contributed by atoms with E-state index in [0.717, 1.165) is 9.91 Å². The minimum Gasteiger partial charge on any atom is -0.569 e. The average molecular weight is 302 g/mol. The average Bonchev–Trinajstić information content (AvgIpc) is 2.65. The highest BCUT2D eigenvalue weighted by molar-refractivity contribution is 6.01. The fourth-order valence-corrected chi connectivity index (χ4v) is 1.63. The Hall–Kier alpha value is -2.39. The molecule has 0 radical (unpaired) electrons. The van der Waals surface area contributed by atoms with Crippen LogP contribution in [0.15, 0.2) is 5.28 Å². The summed E-state index contributed by atoms with van der Waals surface area (Å²) in [5.74, 6) is -2.00. The number of likely N-dealkylation sites (tertiary alicyclic amines) is 1. The predicted molar refractivity (Wildman–Crippen MR) is 67.2 cm³/mol. The van der Waals surface area contributed by atoms with E-state index in [1.165, 1.54) is 0 Å². The van der Waals surface area contributed by atoms with Crippen LogP contribution in [0, 0.1) is 5.21 Å². The normalized spacial score (nSPS) is 16.3. The molecule has 0 saturated carbocycles. The number of nitrogens with zero attached hydrogens (tertiary/aromatic N) is 4. The molecule has 0 atom stereocenters. The van der Waals surface area contributed by atoms with Crippen LogP contribution < -0.4 is 0 Å². The maximum Gasteiger partial charge on any atom is 0.329 e. The molecule has 1 saturated heterocycles. The number of carbonyl (C=O) groups is 3. The van der Waals surface area contributed by atoms with Crippen LogP contribution in [-0.4, -0.2) is 56.6 Å². The molecule has 10 nitrogen and oxygen atoms in total. The molecule has 0 unspecified atom stereocenters. The van der Waals surface area contributed by atoms with Crippen LogP contribution in [0.4, 0.5) is 0 Å². The Morgan fingerprint density at radius 2 is 1.95 bits per heavy atom. The standard InChI is InChI=1S/C11H18N4O6/c1-11(2,3)14(6-10(18)19)15(20)12-21-7-13-8(16)4-5-9(13)17/h4-7H2,1-3H3,(H,18,19)/b15-12-. The summed E-state index contributed by atoms with van der Waals surface area (Å²) < 4.78 is 0. The van der Waals surface area contributed by atoms with Crippen LogP contribution >= 0.6 is 0 Å². The van der Waals surface area contributed by atoms with Crippen molar-refractivity contribution in [2.24, 2.45) is 5.28 Å². The summed E-state index contributed by atoms with van der Waals surface area (Å²) >= 11 is 0. The van der Waals surface area contributed by atoms with E-state index < -0.39 is 36.6 Å². The number of aliphatic carboxylic acids is 1. The molecule has 1 N–H and O–H groups in total. The van der Waals surface area contributed by atoms with Gasteiger partial charge in [0.25, 0.3) is 0 Å². The van der Waals surface area contributed by atoms with E-state index in [9.17, 15) is 19.6 Å². The van der Waals surface area contributed by atoms with Gasteiger partial charge in [-0.15, -0.1) is 5.01 Å².